The number of ether oxygens (including phenoxy) is 3. The Labute approximate surface area is 428 Å². The lowest BCUT2D eigenvalue weighted by atomic mass is 9.79. The number of β-lactam (4-membered cyclic amide) rings is 1. The first-order valence-electron chi connectivity index (χ1n) is 22.9. The highest BCUT2D eigenvalue weighted by Gasteiger charge is 2.60. The maximum Gasteiger partial charge on any atom is 0.414 e. The number of aliphatic hydroxyl groups excluding tert-OH is 1. The molecule has 3 aromatic carbocycles. The molecule has 0 radical (unpaired) electrons. The Morgan fingerprint density at radius 3 is 1.67 bits per heavy atom. The Morgan fingerprint density at radius 1 is 0.760 bits per heavy atom. The van der Waals surface area contributed by atoms with Crippen molar-refractivity contribution in [3.8, 4) is 0 Å². The number of fused-ring (bicyclic) bond motifs is 1. The van der Waals surface area contributed by atoms with Crippen molar-refractivity contribution in [3.63, 3.8) is 0 Å². The number of carbonyl (C=O) groups excluding carboxylic acids is 6. The molecule has 7 rings (SSSR count). The van der Waals surface area contributed by atoms with Gasteiger partial charge in [0.05, 0.1) is 38.9 Å². The van der Waals surface area contributed by atoms with Crippen LogP contribution >= 0.6 is 11.8 Å². The zero-order valence-corrected chi connectivity index (χ0v) is 40.8. The molecule has 6 amide bonds. The number of likely N-dealkylation sites (tertiary alicyclic amines) is 2. The standard InChI is InChI=1S/C46H48N10O18S/c1-23-36-35(25(3)57)41(60)53(36)37(42(61)62)38(23)75-33-16-34(52(19-33)46(65)74-22-28-8-14-32(15-9-28)56(70)71)40(59)51-17-29(18-51)48-39(58)24(2)47-43(49-44(63)72-20-26-4-10-30(11-5-26)54(66)67)50-45(64)73-21-27-6-12-31(13-7-27)55(68)69/h4-15,23-25,29,33-36,57H,16-22H2,1-3H3,(H,48,58)(H,61,62)(H2,47,49,50,63,64)/t23-,24+,25-,33+,34+,35-,36-/m1/s1. The summed E-state index contributed by atoms with van der Waals surface area (Å²) in [7, 11) is 0. The zero-order valence-electron chi connectivity index (χ0n) is 40.0. The van der Waals surface area contributed by atoms with Gasteiger partial charge in [0.25, 0.3) is 17.1 Å². The van der Waals surface area contributed by atoms with Gasteiger partial charge in [-0.1, -0.05) is 6.92 Å². The van der Waals surface area contributed by atoms with E-state index in [1.807, 2.05) is 0 Å². The Morgan fingerprint density at radius 2 is 1.23 bits per heavy atom. The van der Waals surface area contributed by atoms with Gasteiger partial charge >= 0.3 is 24.2 Å². The first-order valence-corrected chi connectivity index (χ1v) is 23.8. The molecule has 28 nitrogen and oxygen atoms in total. The SMILES string of the molecule is C[C@H](N=C(NC(=O)OCc1ccc([N+](=O)[O-])cc1)NC(=O)OCc1ccc([N+](=O)[O-])cc1)C(=O)NC1CN(C(=O)[C@@H]2C[C@H](SC3=C(C(=O)O)N4C(=O)[C@H]([C@@H](C)O)[C@H]4[C@H]3C)CN2C(=O)OCc2ccc([N+](=O)[O-])cc2)C1. The summed E-state index contributed by atoms with van der Waals surface area (Å²) in [6.07, 6.45) is -4.26. The zero-order chi connectivity index (χ0) is 54.4. The predicted molar refractivity (Wildman–Crippen MR) is 258 cm³/mol. The number of rotatable bonds is 17. The summed E-state index contributed by atoms with van der Waals surface area (Å²) in [6, 6.07) is 11.8. The first-order chi connectivity index (χ1) is 35.6. The summed E-state index contributed by atoms with van der Waals surface area (Å²) >= 11 is 1.11. The number of nitro groups is 3. The van der Waals surface area contributed by atoms with Crippen LogP contribution in [0.3, 0.4) is 0 Å². The van der Waals surface area contributed by atoms with Gasteiger partial charge in [-0.15, -0.1) is 11.8 Å². The fraction of sp³-hybridized carbons (Fsp3) is 0.391. The van der Waals surface area contributed by atoms with E-state index in [0.717, 1.165) is 16.7 Å². The number of carbonyl (C=O) groups is 7. The van der Waals surface area contributed by atoms with E-state index in [2.05, 4.69) is 20.9 Å². The molecule has 4 aliphatic rings. The van der Waals surface area contributed by atoms with Crippen LogP contribution in [0.25, 0.3) is 0 Å². The number of nitro benzene ring substituents is 3. The van der Waals surface area contributed by atoms with E-state index in [1.165, 1.54) is 96.4 Å². The van der Waals surface area contributed by atoms with Gasteiger partial charge in [0, 0.05) is 72.1 Å². The van der Waals surface area contributed by atoms with Crippen molar-refractivity contribution in [1.29, 1.82) is 0 Å². The summed E-state index contributed by atoms with van der Waals surface area (Å²) < 4.78 is 15.9. The quantitative estimate of drug-likeness (QED) is 0.0323. The van der Waals surface area contributed by atoms with Crippen molar-refractivity contribution < 1.29 is 72.8 Å². The van der Waals surface area contributed by atoms with Crippen LogP contribution in [0.1, 0.15) is 43.9 Å². The van der Waals surface area contributed by atoms with Gasteiger partial charge in [-0.2, -0.15) is 0 Å². The normalized spacial score (nSPS) is 20.6. The van der Waals surface area contributed by atoms with Crippen molar-refractivity contribution in [3.05, 3.63) is 130 Å². The van der Waals surface area contributed by atoms with Crippen LogP contribution in [0.2, 0.25) is 0 Å². The molecular formula is C46H48N10O18S. The maximum absolute atomic E-state index is 14.2. The smallest absolute Gasteiger partial charge is 0.414 e. The molecule has 0 aliphatic carbocycles. The minimum atomic E-state index is -1.36. The number of thioether (sulfide) groups is 1. The molecule has 0 unspecified atom stereocenters. The Kier molecular flexibility index (Phi) is 16.6. The molecule has 0 saturated carbocycles. The summed E-state index contributed by atoms with van der Waals surface area (Å²) in [5, 5.41) is 60.3. The molecule has 396 valence electrons. The fourth-order valence-electron chi connectivity index (χ4n) is 8.74. The summed E-state index contributed by atoms with van der Waals surface area (Å²) in [4.78, 5) is 132. The highest BCUT2D eigenvalue weighted by Crippen LogP contribution is 2.52. The van der Waals surface area contributed by atoms with E-state index in [4.69, 9.17) is 14.2 Å². The number of guanidine groups is 1. The molecule has 3 aromatic rings. The Balaban J connectivity index is 1.00. The van der Waals surface area contributed by atoms with Crippen molar-refractivity contribution >= 4 is 76.8 Å². The second-order valence-corrected chi connectivity index (χ2v) is 19.1. The molecule has 0 aromatic heterocycles. The van der Waals surface area contributed by atoms with E-state index in [0.29, 0.717) is 21.6 Å². The number of benzene rings is 3. The Bertz CT molecular complexity index is 2760. The van der Waals surface area contributed by atoms with Crippen molar-refractivity contribution in [2.24, 2.45) is 16.8 Å². The van der Waals surface area contributed by atoms with Crippen LogP contribution < -0.4 is 16.0 Å². The van der Waals surface area contributed by atoms with Crippen LogP contribution in [-0.2, 0) is 53.2 Å². The molecule has 7 atom stereocenters. The van der Waals surface area contributed by atoms with Gasteiger partial charge in [0.2, 0.25) is 23.7 Å². The minimum Gasteiger partial charge on any atom is -0.477 e. The largest absolute Gasteiger partial charge is 0.477 e. The number of nitrogens with zero attached hydrogens (tertiary/aromatic N) is 7. The lowest BCUT2D eigenvalue weighted by Gasteiger charge is -2.46. The summed E-state index contributed by atoms with van der Waals surface area (Å²) in [5.74, 6) is -5.07. The molecule has 29 heteroatoms. The molecule has 3 fully saturated rings. The molecule has 0 bridgehead atoms. The third kappa shape index (κ3) is 12.6. The topological polar surface area (TPSA) is 375 Å². The van der Waals surface area contributed by atoms with E-state index in [-0.39, 0.29) is 68.6 Å². The number of nitrogens with one attached hydrogen (secondary N) is 3. The van der Waals surface area contributed by atoms with Crippen LogP contribution in [0.15, 0.2) is 88.4 Å². The third-order valence-corrected chi connectivity index (χ3v) is 14.1. The first kappa shape index (κ1) is 54.1. The number of non-ortho nitro benzene ring substituents is 3. The third-order valence-electron chi connectivity index (χ3n) is 12.6. The van der Waals surface area contributed by atoms with Crippen LogP contribution in [-0.4, -0.2) is 143 Å². The Hall–Kier alpha value is -8.73. The molecule has 3 saturated heterocycles. The van der Waals surface area contributed by atoms with E-state index < -0.39 is 110 Å². The van der Waals surface area contributed by atoms with Gasteiger partial charge in [0.1, 0.15) is 37.6 Å². The lowest BCUT2D eigenvalue weighted by Crippen LogP contribution is -2.64. The van der Waals surface area contributed by atoms with Gasteiger partial charge in [-0.05, 0) is 73.4 Å². The number of carboxylic acid groups (broad SMARTS) is 1. The average molecular weight is 1060 g/mol. The predicted octanol–water partition coefficient (Wildman–Crippen LogP) is 3.30. The summed E-state index contributed by atoms with van der Waals surface area (Å²) in [6.45, 7) is 3.28. The highest BCUT2D eigenvalue weighted by molar-refractivity contribution is 8.03. The molecule has 75 heavy (non-hydrogen) atoms. The number of aliphatic hydroxyl groups is 1. The van der Waals surface area contributed by atoms with Gasteiger partial charge in [-0.25, -0.2) is 24.2 Å². The summed E-state index contributed by atoms with van der Waals surface area (Å²) in [5.41, 5.74) is 0.328. The number of hydrogen-bond donors (Lipinski definition) is 5. The van der Waals surface area contributed by atoms with Crippen molar-refractivity contribution in [2.45, 2.75) is 82.5 Å². The molecular weight excluding hydrogens is 1010 g/mol. The second-order valence-electron chi connectivity index (χ2n) is 17.7. The van der Waals surface area contributed by atoms with Crippen molar-refractivity contribution in [1.82, 2.24) is 30.7 Å². The maximum atomic E-state index is 14.2. The molecule has 0 spiro atoms. The molecule has 5 N–H and O–H groups in total. The number of hydrogen-bond acceptors (Lipinski definition) is 19. The fourth-order valence-corrected chi connectivity index (χ4v) is 10.3. The lowest BCUT2D eigenvalue weighted by molar-refractivity contribution is -0.385. The molecule has 4 aliphatic heterocycles. The number of aliphatic carboxylic acids is 1. The number of amides is 6. The van der Waals surface area contributed by atoms with E-state index >= 15 is 0 Å². The highest BCUT2D eigenvalue weighted by atomic mass is 32.2. The average Bonchev–Trinajstić information content (AvgIpc) is 3.89. The monoisotopic (exact) mass is 1060 g/mol. The number of aliphatic imine (C=N–C) groups is 1. The van der Waals surface area contributed by atoms with Gasteiger partial charge in [-0.3, -0.25) is 60.3 Å². The van der Waals surface area contributed by atoms with Gasteiger partial charge in [0.15, 0.2) is 0 Å². The van der Waals surface area contributed by atoms with Crippen LogP contribution in [0.5, 0.6) is 0 Å². The van der Waals surface area contributed by atoms with Crippen LogP contribution in [0.4, 0.5) is 31.4 Å². The van der Waals surface area contributed by atoms with E-state index in [1.54, 1.807) is 6.92 Å². The number of alkyl carbamates (subject to hydrolysis) is 2. The molecule has 4 heterocycles. The van der Waals surface area contributed by atoms with Crippen molar-refractivity contribution in [2.75, 3.05) is 19.6 Å². The minimum absolute atomic E-state index is 0.0202. The van der Waals surface area contributed by atoms with Crippen LogP contribution in [0, 0.1) is 42.2 Å². The van der Waals surface area contributed by atoms with E-state index in [9.17, 15) is 74.1 Å². The second kappa shape index (κ2) is 23.0. The number of carboxylic acids is 1. The van der Waals surface area contributed by atoms with Gasteiger partial charge < -0.3 is 39.5 Å².